The van der Waals surface area contributed by atoms with Gasteiger partial charge in [0.15, 0.2) is 0 Å². The molecule has 0 aromatic rings. The third kappa shape index (κ3) is 2.37. The van der Waals surface area contributed by atoms with Crippen LogP contribution in [0, 0.1) is 0 Å². The Morgan fingerprint density at radius 3 is 2.25 bits per heavy atom. The zero-order chi connectivity index (χ0) is 8.81. The normalized spacial score (nSPS) is 25.8. The first-order chi connectivity index (χ1) is 5.88. The lowest BCUT2D eigenvalue weighted by Crippen LogP contribution is -1.97. The molecule has 0 amide bonds. The van der Waals surface area contributed by atoms with Gasteiger partial charge in [0.1, 0.15) is 0 Å². The second-order valence-electron chi connectivity index (χ2n) is 3.24. The Labute approximate surface area is 75.7 Å². The third-order valence-corrected chi connectivity index (χ3v) is 2.39. The predicted molar refractivity (Wildman–Crippen MR) is 55.1 cm³/mol. The van der Waals surface area contributed by atoms with Gasteiger partial charge in [0, 0.05) is 0 Å². The maximum Gasteiger partial charge on any atom is -0.0276 e. The van der Waals surface area contributed by atoms with E-state index in [1.54, 1.807) is 11.1 Å². The first-order valence-electron chi connectivity index (χ1n) is 4.86. The van der Waals surface area contributed by atoms with Crippen molar-refractivity contribution in [2.24, 2.45) is 0 Å². The molecule has 0 atom stereocenters. The van der Waals surface area contributed by atoms with E-state index in [1.165, 1.54) is 25.7 Å². The van der Waals surface area contributed by atoms with Crippen LogP contribution in [0.1, 0.15) is 39.5 Å². The predicted octanol–water partition coefficient (Wildman–Crippen LogP) is 4.01. The summed E-state index contributed by atoms with van der Waals surface area (Å²) in [5.74, 6) is 0. The van der Waals surface area contributed by atoms with Gasteiger partial charge in [-0.2, -0.15) is 0 Å². The molecule has 1 aliphatic rings. The van der Waals surface area contributed by atoms with Gasteiger partial charge in [0.05, 0.1) is 0 Å². The van der Waals surface area contributed by atoms with Crippen LogP contribution in [0.2, 0.25) is 0 Å². The largest absolute Gasteiger partial charge is 0.0877 e. The molecule has 0 heteroatoms. The molecule has 0 radical (unpaired) electrons. The Morgan fingerprint density at radius 1 is 1.00 bits per heavy atom. The van der Waals surface area contributed by atoms with E-state index in [1.807, 2.05) is 0 Å². The summed E-state index contributed by atoms with van der Waals surface area (Å²) in [4.78, 5) is 0. The van der Waals surface area contributed by atoms with E-state index in [0.717, 1.165) is 0 Å². The smallest absolute Gasteiger partial charge is 0.0276 e. The molecule has 12 heavy (non-hydrogen) atoms. The van der Waals surface area contributed by atoms with Crippen LogP contribution in [0.25, 0.3) is 0 Å². The fourth-order valence-corrected chi connectivity index (χ4v) is 1.68. The summed E-state index contributed by atoms with van der Waals surface area (Å²) in [5.41, 5.74) is 3.10. The molecule has 1 fully saturated rings. The lowest BCUT2D eigenvalue weighted by atomic mass is 9.89. The van der Waals surface area contributed by atoms with E-state index in [2.05, 4.69) is 38.2 Å². The summed E-state index contributed by atoms with van der Waals surface area (Å²) in [6.45, 7) is 4.21. The van der Waals surface area contributed by atoms with Crippen molar-refractivity contribution in [2.75, 3.05) is 0 Å². The van der Waals surface area contributed by atoms with E-state index in [0.29, 0.717) is 0 Å². The number of rotatable bonds is 1. The van der Waals surface area contributed by atoms with Gasteiger partial charge in [0.2, 0.25) is 0 Å². The molecule has 0 nitrogen and oxygen atoms in total. The van der Waals surface area contributed by atoms with Crippen molar-refractivity contribution >= 4 is 0 Å². The number of allylic oxidation sites excluding steroid dienone is 6. The van der Waals surface area contributed by atoms with Gasteiger partial charge in [-0.3, -0.25) is 0 Å². The average Bonchev–Trinajstić information content (AvgIpc) is 2.15. The van der Waals surface area contributed by atoms with Crippen LogP contribution in [0.4, 0.5) is 0 Å². The van der Waals surface area contributed by atoms with Crippen molar-refractivity contribution in [3.05, 3.63) is 35.5 Å². The Hall–Kier alpha value is -0.780. The van der Waals surface area contributed by atoms with Crippen LogP contribution in [0.5, 0.6) is 0 Å². The zero-order valence-electron chi connectivity index (χ0n) is 8.14. The highest BCUT2D eigenvalue weighted by Crippen LogP contribution is 2.28. The first-order valence-corrected chi connectivity index (χ1v) is 4.86. The molecule has 0 heterocycles. The highest BCUT2D eigenvalue weighted by Gasteiger charge is 2.08. The van der Waals surface area contributed by atoms with Crippen LogP contribution >= 0.6 is 0 Å². The van der Waals surface area contributed by atoms with Crippen molar-refractivity contribution < 1.29 is 0 Å². The Morgan fingerprint density at radius 2 is 1.67 bits per heavy atom. The van der Waals surface area contributed by atoms with Crippen LogP contribution in [0.3, 0.4) is 0 Å². The zero-order valence-corrected chi connectivity index (χ0v) is 8.14. The van der Waals surface area contributed by atoms with Gasteiger partial charge < -0.3 is 0 Å². The van der Waals surface area contributed by atoms with Crippen molar-refractivity contribution in [1.29, 1.82) is 0 Å². The minimum absolute atomic E-state index is 1.27. The lowest BCUT2D eigenvalue weighted by molar-refractivity contribution is 0.678. The lowest BCUT2D eigenvalue weighted by Gasteiger charge is -2.17. The molecule has 0 aliphatic heterocycles. The summed E-state index contributed by atoms with van der Waals surface area (Å²) in [7, 11) is 0. The monoisotopic (exact) mass is 162 g/mol. The van der Waals surface area contributed by atoms with Crippen LogP contribution in [0.15, 0.2) is 35.5 Å². The fourth-order valence-electron chi connectivity index (χ4n) is 1.68. The molecular weight excluding hydrogens is 144 g/mol. The molecule has 0 aromatic carbocycles. The molecule has 0 saturated heterocycles. The van der Waals surface area contributed by atoms with E-state index in [4.69, 9.17) is 0 Å². The van der Waals surface area contributed by atoms with E-state index in [-0.39, 0.29) is 0 Å². The highest BCUT2D eigenvalue weighted by atomic mass is 14.1. The standard InChI is InChI=1S/C12H18/c1-3-5-8-12-10-7-6-9-11(12)4-2/h3-5,8H,6-7,9-10H2,1-2H3/b5-3-,11-4-,12-8-. The number of hydrogen-bond acceptors (Lipinski definition) is 0. The third-order valence-electron chi connectivity index (χ3n) is 2.39. The number of hydrogen-bond donors (Lipinski definition) is 0. The molecular formula is C12H18. The molecule has 0 N–H and O–H groups in total. The Balaban J connectivity index is 2.71. The van der Waals surface area contributed by atoms with Gasteiger partial charge in [-0.1, -0.05) is 24.3 Å². The first kappa shape index (κ1) is 9.31. The second kappa shape index (κ2) is 4.97. The van der Waals surface area contributed by atoms with Crippen molar-refractivity contribution in [3.63, 3.8) is 0 Å². The summed E-state index contributed by atoms with van der Waals surface area (Å²) < 4.78 is 0. The topological polar surface area (TPSA) is 0 Å². The maximum absolute atomic E-state index is 2.26. The van der Waals surface area contributed by atoms with E-state index < -0.39 is 0 Å². The van der Waals surface area contributed by atoms with Crippen molar-refractivity contribution in [2.45, 2.75) is 39.5 Å². The van der Waals surface area contributed by atoms with Gasteiger partial charge in [0.25, 0.3) is 0 Å². The van der Waals surface area contributed by atoms with Gasteiger partial charge in [-0.15, -0.1) is 0 Å². The van der Waals surface area contributed by atoms with Gasteiger partial charge in [-0.25, -0.2) is 0 Å². The molecule has 0 spiro atoms. The van der Waals surface area contributed by atoms with Gasteiger partial charge >= 0.3 is 0 Å². The summed E-state index contributed by atoms with van der Waals surface area (Å²) in [6, 6.07) is 0. The maximum atomic E-state index is 2.26. The fraction of sp³-hybridized carbons (Fsp3) is 0.500. The minimum Gasteiger partial charge on any atom is -0.0877 e. The Bertz CT molecular complexity index is 216. The Kier molecular flexibility index (Phi) is 3.86. The molecule has 1 aliphatic carbocycles. The van der Waals surface area contributed by atoms with Crippen molar-refractivity contribution in [1.82, 2.24) is 0 Å². The van der Waals surface area contributed by atoms with Crippen LogP contribution in [-0.4, -0.2) is 0 Å². The van der Waals surface area contributed by atoms with Crippen LogP contribution < -0.4 is 0 Å². The second-order valence-corrected chi connectivity index (χ2v) is 3.24. The average molecular weight is 162 g/mol. The molecule has 66 valence electrons. The van der Waals surface area contributed by atoms with E-state index in [9.17, 15) is 0 Å². The summed E-state index contributed by atoms with van der Waals surface area (Å²) in [5, 5.41) is 0. The molecule has 0 aromatic heterocycles. The van der Waals surface area contributed by atoms with Gasteiger partial charge in [-0.05, 0) is 50.7 Å². The van der Waals surface area contributed by atoms with E-state index >= 15 is 0 Å². The summed E-state index contributed by atoms with van der Waals surface area (Å²) in [6.07, 6.45) is 14.0. The molecule has 0 bridgehead atoms. The molecule has 0 unspecified atom stereocenters. The van der Waals surface area contributed by atoms with Crippen LogP contribution in [-0.2, 0) is 0 Å². The minimum atomic E-state index is 1.27. The SMILES string of the molecule is C\C=C/C=C1/CCCC/C1=C/C. The summed E-state index contributed by atoms with van der Waals surface area (Å²) >= 11 is 0. The quantitative estimate of drug-likeness (QED) is 0.546. The highest BCUT2D eigenvalue weighted by molar-refractivity contribution is 5.34. The molecule has 1 rings (SSSR count). The van der Waals surface area contributed by atoms with Crippen molar-refractivity contribution in [3.8, 4) is 0 Å². The molecule has 1 saturated carbocycles.